The van der Waals surface area contributed by atoms with Crippen LogP contribution in [0.4, 0.5) is 0 Å². The molecule has 0 fully saturated rings. The molecule has 0 atom stereocenters. The van der Waals surface area contributed by atoms with Crippen LogP contribution >= 0.6 is 15.3 Å². The van der Waals surface area contributed by atoms with Crippen LogP contribution in [0.5, 0.6) is 0 Å². The van der Waals surface area contributed by atoms with Crippen LogP contribution in [0.15, 0.2) is 70.5 Å². The Hall–Kier alpha value is -0.640. The fourth-order valence-electron chi connectivity index (χ4n) is 2.20. The normalized spacial score (nSPS) is 13.2. The largest absolute Gasteiger partial charge is 0.338 e. The van der Waals surface area contributed by atoms with Crippen LogP contribution in [-0.4, -0.2) is 15.5 Å². The Kier molecular flexibility index (Phi) is 4.49. The Balaban J connectivity index is 2.74. The molecule has 0 heterocycles. The van der Waals surface area contributed by atoms with Crippen LogP contribution in [0, 0.1) is 0 Å². The molecular formula is C14H17O2PS2. The summed E-state index contributed by atoms with van der Waals surface area (Å²) in [4.78, 5) is 22.6. The van der Waals surface area contributed by atoms with Gasteiger partial charge in [0.05, 0.1) is 0 Å². The van der Waals surface area contributed by atoms with Crippen molar-refractivity contribution in [2.24, 2.45) is 0 Å². The molecule has 0 aromatic heterocycles. The maximum absolute atomic E-state index is 10.4. The number of benzene rings is 2. The summed E-state index contributed by atoms with van der Waals surface area (Å²) in [5.74, 6) is 0.630. The molecule has 0 amide bonds. The topological polar surface area (TPSA) is 40.5 Å². The molecule has 2 nitrogen and oxygen atoms in total. The molecule has 0 saturated heterocycles. The van der Waals surface area contributed by atoms with E-state index < -0.39 is 15.3 Å². The first kappa shape index (κ1) is 14.8. The average Bonchev–Trinajstić information content (AvgIpc) is 2.41. The lowest BCUT2D eigenvalue weighted by Gasteiger charge is -2.42. The minimum Gasteiger partial charge on any atom is -0.338 e. The lowest BCUT2D eigenvalue weighted by atomic mass is 10.4. The predicted octanol–water partition coefficient (Wildman–Crippen LogP) is 4.14. The molecule has 2 rings (SSSR count). The zero-order chi connectivity index (χ0) is 13.9. The van der Waals surface area contributed by atoms with Gasteiger partial charge < -0.3 is 9.79 Å². The molecule has 2 N–H and O–H groups in total. The van der Waals surface area contributed by atoms with Gasteiger partial charge in [0, 0.05) is 9.79 Å². The summed E-state index contributed by atoms with van der Waals surface area (Å²) in [6, 6.07) is 19.3. The third kappa shape index (κ3) is 2.64. The van der Waals surface area contributed by atoms with E-state index in [1.54, 1.807) is 0 Å². The van der Waals surface area contributed by atoms with Crippen LogP contribution in [0.25, 0.3) is 0 Å². The van der Waals surface area contributed by atoms with Gasteiger partial charge in [-0.15, -0.1) is 9.65 Å². The van der Waals surface area contributed by atoms with Gasteiger partial charge >= 0.3 is 0 Å². The Bertz CT molecular complexity index is 541. The van der Waals surface area contributed by atoms with E-state index in [1.165, 1.54) is 0 Å². The molecule has 0 radical (unpaired) electrons. The van der Waals surface area contributed by atoms with Gasteiger partial charge in [0.25, 0.3) is 0 Å². The van der Waals surface area contributed by atoms with Crippen LogP contribution < -0.4 is 0 Å². The van der Waals surface area contributed by atoms with Gasteiger partial charge in [-0.25, -0.2) is 0 Å². The van der Waals surface area contributed by atoms with Crippen LogP contribution in [-0.2, 0) is 11.8 Å². The van der Waals surface area contributed by atoms with Gasteiger partial charge in [-0.05, 0) is 41.8 Å². The van der Waals surface area contributed by atoms with Gasteiger partial charge in [-0.3, -0.25) is 0 Å². The Morgan fingerprint density at radius 3 is 1.53 bits per heavy atom. The quantitative estimate of drug-likeness (QED) is 0.834. The first-order valence-corrected chi connectivity index (χ1v) is 11.1. The average molecular weight is 312 g/mol. The fourth-order valence-corrected chi connectivity index (χ4v) is 11.1. The SMILES string of the molecule is CCS(c1ccccc1)(c1ccccc1)P(O)(O)=S. The Labute approximate surface area is 120 Å². The summed E-state index contributed by atoms with van der Waals surface area (Å²) in [5.41, 5.74) is -3.43. The highest BCUT2D eigenvalue weighted by atomic mass is 33.0. The van der Waals surface area contributed by atoms with Crippen molar-refractivity contribution in [3.8, 4) is 0 Å². The second kappa shape index (κ2) is 5.78. The summed E-state index contributed by atoms with van der Waals surface area (Å²) in [7, 11) is -1.97. The van der Waals surface area contributed by atoms with E-state index in [9.17, 15) is 9.79 Å². The fraction of sp³-hybridized carbons (Fsp3) is 0.143. The second-order valence-corrected chi connectivity index (χ2v) is 13.6. The highest BCUT2D eigenvalue weighted by Gasteiger charge is 2.39. The molecule has 0 bridgehead atoms. The van der Waals surface area contributed by atoms with Crippen molar-refractivity contribution in [3.05, 3.63) is 60.7 Å². The monoisotopic (exact) mass is 312 g/mol. The maximum atomic E-state index is 10.4. The lowest BCUT2D eigenvalue weighted by molar-refractivity contribution is 0.500. The van der Waals surface area contributed by atoms with E-state index in [2.05, 4.69) is 0 Å². The number of hydrogen-bond acceptors (Lipinski definition) is 1. The van der Waals surface area contributed by atoms with E-state index in [4.69, 9.17) is 11.8 Å². The summed E-state index contributed by atoms with van der Waals surface area (Å²) in [6.07, 6.45) is 0. The molecule has 102 valence electrons. The smallest absolute Gasteiger partial charge is 0.232 e. The summed E-state index contributed by atoms with van der Waals surface area (Å²) in [6.45, 7) is 1.98. The van der Waals surface area contributed by atoms with Crippen LogP contribution in [0.3, 0.4) is 0 Å². The highest BCUT2D eigenvalue weighted by Crippen LogP contribution is 2.85. The minimum atomic E-state index is -3.43. The Morgan fingerprint density at radius 2 is 1.26 bits per heavy atom. The molecule has 5 heteroatoms. The van der Waals surface area contributed by atoms with Crippen molar-refractivity contribution in [1.82, 2.24) is 0 Å². The molecule has 0 aliphatic carbocycles. The van der Waals surface area contributed by atoms with Gasteiger partial charge in [0.1, 0.15) is 0 Å². The number of rotatable bonds is 4. The van der Waals surface area contributed by atoms with Crippen molar-refractivity contribution in [2.45, 2.75) is 16.7 Å². The molecule has 2 aromatic carbocycles. The van der Waals surface area contributed by atoms with Crippen molar-refractivity contribution in [2.75, 3.05) is 5.75 Å². The first-order chi connectivity index (χ1) is 9.02. The van der Waals surface area contributed by atoms with E-state index in [-0.39, 0.29) is 0 Å². The third-order valence-corrected chi connectivity index (χ3v) is 13.6. The molecule has 0 aliphatic heterocycles. The van der Waals surface area contributed by atoms with Crippen molar-refractivity contribution < 1.29 is 9.79 Å². The van der Waals surface area contributed by atoms with Crippen molar-refractivity contribution in [3.63, 3.8) is 0 Å². The van der Waals surface area contributed by atoms with Gasteiger partial charge in [0.2, 0.25) is 5.69 Å². The third-order valence-electron chi connectivity index (χ3n) is 3.09. The van der Waals surface area contributed by atoms with Crippen molar-refractivity contribution >= 4 is 27.1 Å². The highest BCUT2D eigenvalue weighted by molar-refractivity contribution is 8.85. The molecule has 19 heavy (non-hydrogen) atoms. The van der Waals surface area contributed by atoms with Crippen LogP contribution in [0.2, 0.25) is 0 Å². The van der Waals surface area contributed by atoms with Gasteiger partial charge in [-0.1, -0.05) is 43.3 Å². The predicted molar refractivity (Wildman–Crippen MR) is 86.3 cm³/mol. The first-order valence-electron chi connectivity index (χ1n) is 5.99. The molecule has 0 aliphatic rings. The van der Waals surface area contributed by atoms with Gasteiger partial charge in [0.15, 0.2) is 0 Å². The summed E-state index contributed by atoms with van der Waals surface area (Å²) in [5, 5.41) is 0. The van der Waals surface area contributed by atoms with Crippen LogP contribution in [0.1, 0.15) is 6.92 Å². The van der Waals surface area contributed by atoms with E-state index in [0.717, 1.165) is 9.79 Å². The minimum absolute atomic E-state index is 0.630. The van der Waals surface area contributed by atoms with Gasteiger partial charge in [-0.2, -0.15) is 0 Å². The Morgan fingerprint density at radius 1 is 0.895 bits per heavy atom. The lowest BCUT2D eigenvalue weighted by Crippen LogP contribution is -2.05. The zero-order valence-electron chi connectivity index (χ0n) is 10.6. The standard InChI is InChI=1S/C14H17O2PS2/c1-2-19(17(15,16)18,13-9-5-3-6-10-13)14-11-7-4-8-12-14/h3-12H,2H2,1H3,(H2,15,16,18). The molecule has 0 unspecified atom stereocenters. The molecule has 0 saturated carbocycles. The summed E-state index contributed by atoms with van der Waals surface area (Å²) < 4.78 is 0. The van der Waals surface area contributed by atoms with E-state index in [1.807, 2.05) is 67.6 Å². The van der Waals surface area contributed by atoms with E-state index in [0.29, 0.717) is 5.75 Å². The number of hydrogen-bond donors (Lipinski definition) is 2. The molecule has 0 spiro atoms. The van der Waals surface area contributed by atoms with E-state index >= 15 is 0 Å². The zero-order valence-corrected chi connectivity index (χ0v) is 13.2. The summed E-state index contributed by atoms with van der Waals surface area (Å²) >= 11 is 5.14. The molecular weight excluding hydrogens is 295 g/mol. The second-order valence-electron chi connectivity index (χ2n) is 4.11. The molecule has 2 aromatic rings. The maximum Gasteiger partial charge on any atom is 0.232 e. The van der Waals surface area contributed by atoms with Crippen molar-refractivity contribution in [1.29, 1.82) is 0 Å².